The molecule has 0 bridgehead atoms. The van der Waals surface area contributed by atoms with E-state index in [1.54, 1.807) is 22.3 Å². The third-order valence-corrected chi connectivity index (χ3v) is 7.44. The van der Waals surface area contributed by atoms with Gasteiger partial charge in [-0.3, -0.25) is 0 Å². The van der Waals surface area contributed by atoms with E-state index in [1.807, 2.05) is 6.08 Å². The van der Waals surface area contributed by atoms with E-state index in [1.165, 1.54) is 56.9 Å². The van der Waals surface area contributed by atoms with Gasteiger partial charge in [0.1, 0.15) is 0 Å². The lowest BCUT2D eigenvalue weighted by atomic mass is 9.76. The molecule has 0 N–H and O–H groups in total. The summed E-state index contributed by atoms with van der Waals surface area (Å²) < 4.78 is 0. The van der Waals surface area contributed by atoms with Gasteiger partial charge in [0.25, 0.3) is 0 Å². The van der Waals surface area contributed by atoms with Gasteiger partial charge in [0.15, 0.2) is 0 Å². The van der Waals surface area contributed by atoms with Gasteiger partial charge in [0.2, 0.25) is 0 Å². The van der Waals surface area contributed by atoms with Crippen LogP contribution >= 0.6 is 0 Å². The molecule has 0 saturated heterocycles. The second-order valence-electron chi connectivity index (χ2n) is 9.16. The molecule has 0 nitrogen and oxygen atoms in total. The van der Waals surface area contributed by atoms with Crippen molar-refractivity contribution < 1.29 is 0 Å². The Kier molecular flexibility index (Phi) is 6.35. The average Bonchev–Trinajstić information content (AvgIpc) is 2.77. The minimum atomic E-state index is 0.691. The fraction of sp³-hybridized carbons (Fsp3) is 0.500. The van der Waals surface area contributed by atoms with E-state index in [2.05, 4.69) is 56.0 Å². The third kappa shape index (κ3) is 4.43. The fourth-order valence-corrected chi connectivity index (χ4v) is 5.46. The lowest BCUT2D eigenvalue weighted by Crippen LogP contribution is -2.14. The molecule has 1 unspecified atom stereocenters. The number of rotatable bonds is 6. The summed E-state index contributed by atoms with van der Waals surface area (Å²) in [5.74, 6) is 2.48. The number of hydrogen-bond acceptors (Lipinski definition) is 0. The summed E-state index contributed by atoms with van der Waals surface area (Å²) in [7, 11) is 0. The summed E-state index contributed by atoms with van der Waals surface area (Å²) in [6, 6.07) is 16.9. The highest BCUT2D eigenvalue weighted by molar-refractivity contribution is 5.38. The Balaban J connectivity index is 1.40. The van der Waals surface area contributed by atoms with E-state index in [4.69, 9.17) is 0 Å². The molecule has 0 amide bonds. The van der Waals surface area contributed by atoms with E-state index in [9.17, 15) is 0 Å². The monoisotopic (exact) mass is 372 g/mol. The van der Waals surface area contributed by atoms with Gasteiger partial charge in [-0.05, 0) is 103 Å². The van der Waals surface area contributed by atoms with E-state index < -0.39 is 0 Å². The second kappa shape index (κ2) is 9.12. The predicted octanol–water partition coefficient (Wildman–Crippen LogP) is 7.76. The zero-order valence-corrected chi connectivity index (χ0v) is 17.6. The van der Waals surface area contributed by atoms with Gasteiger partial charge in [-0.25, -0.2) is 0 Å². The molecule has 1 saturated carbocycles. The van der Waals surface area contributed by atoms with Crippen molar-refractivity contribution in [3.05, 3.63) is 82.9 Å². The first-order valence-electron chi connectivity index (χ1n) is 11.6. The zero-order valence-electron chi connectivity index (χ0n) is 17.6. The van der Waals surface area contributed by atoms with Gasteiger partial charge in [-0.1, -0.05) is 61.9 Å². The van der Waals surface area contributed by atoms with Crippen LogP contribution in [0.15, 0.2) is 55.1 Å². The van der Waals surface area contributed by atoms with Gasteiger partial charge in [0.05, 0.1) is 0 Å². The van der Waals surface area contributed by atoms with Crippen molar-refractivity contribution in [2.24, 2.45) is 5.92 Å². The normalized spacial score (nSPS) is 24.5. The van der Waals surface area contributed by atoms with E-state index in [0.29, 0.717) is 5.92 Å². The minimum Gasteiger partial charge on any atom is -0.103 e. The van der Waals surface area contributed by atoms with Crippen molar-refractivity contribution >= 4 is 0 Å². The maximum atomic E-state index is 3.85. The molecular weight excluding hydrogens is 336 g/mol. The largest absolute Gasteiger partial charge is 0.103 e. The molecule has 2 aromatic carbocycles. The van der Waals surface area contributed by atoms with E-state index >= 15 is 0 Å². The Morgan fingerprint density at radius 3 is 2.25 bits per heavy atom. The summed E-state index contributed by atoms with van der Waals surface area (Å²) >= 11 is 0. The number of aryl methyl sites for hydroxylation is 2. The summed E-state index contributed by atoms with van der Waals surface area (Å²) in [4.78, 5) is 0. The molecule has 0 aliphatic heterocycles. The van der Waals surface area contributed by atoms with Crippen LogP contribution in [-0.4, -0.2) is 0 Å². The molecule has 4 rings (SSSR count). The molecule has 0 heterocycles. The van der Waals surface area contributed by atoms with Gasteiger partial charge >= 0.3 is 0 Å². The average molecular weight is 373 g/mol. The Morgan fingerprint density at radius 2 is 1.57 bits per heavy atom. The standard InChI is InChI=1S/C28H36/c1-3-5-6-22-9-12-28-20-27(18-17-26(28)19-22)25-15-13-24(14-16-25)23-10-7-21(4-2)8-11-23/h3,9,12-16,19,21,23,27H,1,4-8,10-11,17-18,20H2,2H3. The summed E-state index contributed by atoms with van der Waals surface area (Å²) in [6.07, 6.45) is 15.0. The van der Waals surface area contributed by atoms with Crippen molar-refractivity contribution in [2.75, 3.05) is 0 Å². The summed E-state index contributed by atoms with van der Waals surface area (Å²) in [5.41, 5.74) is 7.76. The van der Waals surface area contributed by atoms with Crippen LogP contribution in [0.5, 0.6) is 0 Å². The second-order valence-corrected chi connectivity index (χ2v) is 9.16. The van der Waals surface area contributed by atoms with Crippen LogP contribution in [0.25, 0.3) is 0 Å². The molecule has 0 heteroatoms. The summed E-state index contributed by atoms with van der Waals surface area (Å²) in [6.45, 7) is 6.20. The molecule has 0 aromatic heterocycles. The molecule has 0 radical (unpaired) electrons. The molecule has 1 atom stereocenters. The molecule has 2 aromatic rings. The molecule has 0 spiro atoms. The van der Waals surface area contributed by atoms with Crippen molar-refractivity contribution in [3.63, 3.8) is 0 Å². The molecular formula is C28H36. The van der Waals surface area contributed by atoms with E-state index in [0.717, 1.165) is 24.7 Å². The van der Waals surface area contributed by atoms with E-state index in [-0.39, 0.29) is 0 Å². The SMILES string of the molecule is C=CCCc1ccc2c(c1)CCC(c1ccc(C3CCC(CC)CC3)cc1)C2. The third-order valence-electron chi connectivity index (χ3n) is 7.44. The number of hydrogen-bond donors (Lipinski definition) is 0. The molecule has 2 aliphatic rings. The smallest absolute Gasteiger partial charge is 0.0118 e. The predicted molar refractivity (Wildman–Crippen MR) is 121 cm³/mol. The van der Waals surface area contributed by atoms with Crippen molar-refractivity contribution in [1.29, 1.82) is 0 Å². The number of fused-ring (bicyclic) bond motifs is 1. The lowest BCUT2D eigenvalue weighted by molar-refractivity contribution is 0.319. The number of benzene rings is 2. The Hall–Kier alpha value is -1.82. The molecule has 148 valence electrons. The highest BCUT2D eigenvalue weighted by Crippen LogP contribution is 2.38. The van der Waals surface area contributed by atoms with Gasteiger partial charge in [0, 0.05) is 0 Å². The molecule has 28 heavy (non-hydrogen) atoms. The lowest BCUT2D eigenvalue weighted by Gasteiger charge is -2.29. The van der Waals surface area contributed by atoms with Crippen LogP contribution in [0, 0.1) is 5.92 Å². The van der Waals surface area contributed by atoms with Crippen LogP contribution in [-0.2, 0) is 19.3 Å². The van der Waals surface area contributed by atoms with Crippen molar-refractivity contribution in [3.8, 4) is 0 Å². The molecule has 2 aliphatic carbocycles. The van der Waals surface area contributed by atoms with Gasteiger partial charge in [-0.15, -0.1) is 6.58 Å². The maximum absolute atomic E-state index is 3.85. The highest BCUT2D eigenvalue weighted by atomic mass is 14.3. The van der Waals surface area contributed by atoms with Gasteiger partial charge in [-0.2, -0.15) is 0 Å². The Bertz CT molecular complexity index is 774. The van der Waals surface area contributed by atoms with Gasteiger partial charge < -0.3 is 0 Å². The summed E-state index contributed by atoms with van der Waals surface area (Å²) in [5, 5.41) is 0. The Labute approximate surface area is 172 Å². The first kappa shape index (κ1) is 19.5. The minimum absolute atomic E-state index is 0.691. The van der Waals surface area contributed by atoms with Crippen LogP contribution in [0.1, 0.15) is 91.5 Å². The quantitative estimate of drug-likeness (QED) is 0.454. The highest BCUT2D eigenvalue weighted by Gasteiger charge is 2.23. The Morgan fingerprint density at radius 1 is 0.857 bits per heavy atom. The first-order chi connectivity index (χ1) is 13.8. The number of allylic oxidation sites excluding steroid dienone is 1. The molecule has 1 fully saturated rings. The van der Waals surface area contributed by atoms with Crippen LogP contribution in [0.3, 0.4) is 0 Å². The van der Waals surface area contributed by atoms with Crippen LogP contribution < -0.4 is 0 Å². The van der Waals surface area contributed by atoms with Crippen molar-refractivity contribution in [1.82, 2.24) is 0 Å². The van der Waals surface area contributed by atoms with Crippen LogP contribution in [0.4, 0.5) is 0 Å². The topological polar surface area (TPSA) is 0 Å². The van der Waals surface area contributed by atoms with Crippen molar-refractivity contribution in [2.45, 2.75) is 83.0 Å². The van der Waals surface area contributed by atoms with Crippen LogP contribution in [0.2, 0.25) is 0 Å². The zero-order chi connectivity index (χ0) is 19.3. The first-order valence-corrected chi connectivity index (χ1v) is 11.6. The fourth-order valence-electron chi connectivity index (χ4n) is 5.46. The maximum Gasteiger partial charge on any atom is -0.0118 e.